The lowest BCUT2D eigenvalue weighted by atomic mass is 9.96. The smallest absolute Gasteiger partial charge is 0.0346 e. The first kappa shape index (κ1) is 12.1. The Bertz CT molecular complexity index is 303. The van der Waals surface area contributed by atoms with Gasteiger partial charge < -0.3 is 11.5 Å². The maximum absolute atomic E-state index is 5.93. The number of nitrogens with two attached hydrogens (primary N) is 2. The van der Waals surface area contributed by atoms with Gasteiger partial charge in [0.1, 0.15) is 0 Å². The fourth-order valence-corrected chi connectivity index (χ4v) is 1.80. The Hall–Kier alpha value is -1.02. The monoisotopic (exact) mass is 206 g/mol. The lowest BCUT2D eigenvalue weighted by Crippen LogP contribution is -2.14. The van der Waals surface area contributed by atoms with Gasteiger partial charge in [-0.05, 0) is 43.9 Å². The van der Waals surface area contributed by atoms with Crippen LogP contribution in [0.2, 0.25) is 0 Å². The molecule has 0 radical (unpaired) electrons. The molecule has 4 N–H and O–H groups in total. The molecule has 0 aliphatic heterocycles. The minimum atomic E-state index is 0.630. The van der Waals surface area contributed by atoms with Crippen molar-refractivity contribution in [3.05, 3.63) is 29.3 Å². The second-order valence-corrected chi connectivity index (χ2v) is 4.25. The molecule has 0 aliphatic carbocycles. The summed E-state index contributed by atoms with van der Waals surface area (Å²) in [5.41, 5.74) is 15.1. The van der Waals surface area contributed by atoms with E-state index in [9.17, 15) is 0 Å². The van der Waals surface area contributed by atoms with Gasteiger partial charge in [-0.15, -0.1) is 0 Å². The molecule has 0 amide bonds. The summed E-state index contributed by atoms with van der Waals surface area (Å²) in [5.74, 6) is 0.630. The summed E-state index contributed by atoms with van der Waals surface area (Å²) in [6.45, 7) is 5.07. The molecule has 84 valence electrons. The lowest BCUT2D eigenvalue weighted by Gasteiger charge is -2.13. The van der Waals surface area contributed by atoms with E-state index in [4.69, 9.17) is 11.5 Å². The van der Waals surface area contributed by atoms with Crippen LogP contribution in [-0.4, -0.2) is 6.54 Å². The van der Waals surface area contributed by atoms with Gasteiger partial charge >= 0.3 is 0 Å². The highest BCUT2D eigenvalue weighted by atomic mass is 14.6. The Morgan fingerprint density at radius 3 is 2.67 bits per heavy atom. The van der Waals surface area contributed by atoms with Gasteiger partial charge in [0.2, 0.25) is 0 Å². The van der Waals surface area contributed by atoms with Crippen molar-refractivity contribution in [2.45, 2.75) is 33.1 Å². The zero-order valence-electron chi connectivity index (χ0n) is 9.79. The molecule has 0 heterocycles. The number of rotatable bonds is 5. The van der Waals surface area contributed by atoms with Crippen molar-refractivity contribution in [3.8, 4) is 0 Å². The van der Waals surface area contributed by atoms with Crippen LogP contribution >= 0.6 is 0 Å². The Morgan fingerprint density at radius 1 is 1.33 bits per heavy atom. The van der Waals surface area contributed by atoms with Gasteiger partial charge in [0.05, 0.1) is 0 Å². The maximum atomic E-state index is 5.93. The summed E-state index contributed by atoms with van der Waals surface area (Å²) in [6, 6.07) is 6.23. The zero-order valence-corrected chi connectivity index (χ0v) is 9.79. The molecule has 0 spiro atoms. The summed E-state index contributed by atoms with van der Waals surface area (Å²) in [5, 5.41) is 0. The zero-order chi connectivity index (χ0) is 11.3. The van der Waals surface area contributed by atoms with E-state index in [0.717, 1.165) is 31.5 Å². The fourth-order valence-electron chi connectivity index (χ4n) is 1.80. The highest BCUT2D eigenvalue weighted by Crippen LogP contribution is 2.18. The topological polar surface area (TPSA) is 52.0 Å². The molecule has 1 aromatic rings. The Labute approximate surface area is 92.7 Å². The molecule has 0 saturated heterocycles. The summed E-state index contributed by atoms with van der Waals surface area (Å²) in [7, 11) is 0. The molecule has 0 saturated carbocycles. The number of benzene rings is 1. The first-order valence-corrected chi connectivity index (χ1v) is 5.72. The molecule has 15 heavy (non-hydrogen) atoms. The molecule has 0 bridgehead atoms. The SMILES string of the molecule is CCC(CN)CCc1cc(C)ccc1N. The number of anilines is 1. The van der Waals surface area contributed by atoms with Crippen molar-refractivity contribution in [1.29, 1.82) is 0 Å². The second-order valence-electron chi connectivity index (χ2n) is 4.25. The lowest BCUT2D eigenvalue weighted by molar-refractivity contribution is 0.482. The third kappa shape index (κ3) is 3.56. The highest BCUT2D eigenvalue weighted by molar-refractivity contribution is 5.48. The van der Waals surface area contributed by atoms with Crippen LogP contribution in [0.15, 0.2) is 18.2 Å². The quantitative estimate of drug-likeness (QED) is 0.727. The molecule has 0 aliphatic rings. The number of hydrogen-bond acceptors (Lipinski definition) is 2. The average molecular weight is 206 g/mol. The Kier molecular flexibility index (Phi) is 4.63. The third-order valence-electron chi connectivity index (χ3n) is 3.03. The van der Waals surface area contributed by atoms with E-state index in [-0.39, 0.29) is 0 Å². The van der Waals surface area contributed by atoms with E-state index in [0.29, 0.717) is 5.92 Å². The first-order valence-electron chi connectivity index (χ1n) is 5.72. The molecule has 0 fully saturated rings. The van der Waals surface area contributed by atoms with Crippen LogP contribution in [0.4, 0.5) is 5.69 Å². The predicted octanol–water partition coefficient (Wildman–Crippen LogP) is 2.49. The van der Waals surface area contributed by atoms with Gasteiger partial charge in [-0.3, -0.25) is 0 Å². The molecule has 0 aromatic heterocycles. The number of aryl methyl sites for hydroxylation is 2. The van der Waals surface area contributed by atoms with E-state index in [1.165, 1.54) is 11.1 Å². The van der Waals surface area contributed by atoms with Gasteiger partial charge in [0.25, 0.3) is 0 Å². The van der Waals surface area contributed by atoms with Crippen LogP contribution in [0.5, 0.6) is 0 Å². The van der Waals surface area contributed by atoms with Crippen LogP contribution < -0.4 is 11.5 Å². The van der Waals surface area contributed by atoms with E-state index in [1.54, 1.807) is 0 Å². The molecule has 2 heteroatoms. The van der Waals surface area contributed by atoms with Gasteiger partial charge in [-0.1, -0.05) is 31.0 Å². The molecule has 1 atom stereocenters. The van der Waals surface area contributed by atoms with Crippen LogP contribution in [0, 0.1) is 12.8 Å². The van der Waals surface area contributed by atoms with E-state index in [2.05, 4.69) is 26.0 Å². The summed E-state index contributed by atoms with van der Waals surface area (Å²) in [4.78, 5) is 0. The van der Waals surface area contributed by atoms with E-state index in [1.807, 2.05) is 6.07 Å². The van der Waals surface area contributed by atoms with Crippen molar-refractivity contribution >= 4 is 5.69 Å². The van der Waals surface area contributed by atoms with Crippen molar-refractivity contribution < 1.29 is 0 Å². The number of nitrogen functional groups attached to an aromatic ring is 1. The molecule has 1 rings (SSSR count). The van der Waals surface area contributed by atoms with E-state index >= 15 is 0 Å². The van der Waals surface area contributed by atoms with Crippen molar-refractivity contribution in [3.63, 3.8) is 0 Å². The van der Waals surface area contributed by atoms with Crippen molar-refractivity contribution in [1.82, 2.24) is 0 Å². The molecule has 1 unspecified atom stereocenters. The van der Waals surface area contributed by atoms with Crippen LogP contribution in [0.1, 0.15) is 30.9 Å². The van der Waals surface area contributed by atoms with Gasteiger partial charge in [0, 0.05) is 5.69 Å². The highest BCUT2D eigenvalue weighted by Gasteiger charge is 2.06. The van der Waals surface area contributed by atoms with E-state index < -0.39 is 0 Å². The number of hydrogen-bond donors (Lipinski definition) is 2. The fraction of sp³-hybridized carbons (Fsp3) is 0.538. The van der Waals surface area contributed by atoms with Crippen LogP contribution in [-0.2, 0) is 6.42 Å². The first-order chi connectivity index (χ1) is 7.17. The second kappa shape index (κ2) is 5.76. The summed E-state index contributed by atoms with van der Waals surface area (Å²) in [6.07, 6.45) is 3.34. The van der Waals surface area contributed by atoms with Gasteiger partial charge in [-0.2, -0.15) is 0 Å². The average Bonchev–Trinajstić information content (AvgIpc) is 2.24. The Morgan fingerprint density at radius 2 is 2.07 bits per heavy atom. The van der Waals surface area contributed by atoms with Gasteiger partial charge in [-0.25, -0.2) is 0 Å². The van der Waals surface area contributed by atoms with Crippen molar-refractivity contribution in [2.24, 2.45) is 11.7 Å². The minimum Gasteiger partial charge on any atom is -0.399 e. The third-order valence-corrected chi connectivity index (χ3v) is 3.03. The predicted molar refractivity (Wildman–Crippen MR) is 66.7 cm³/mol. The van der Waals surface area contributed by atoms with Crippen molar-refractivity contribution in [2.75, 3.05) is 12.3 Å². The molecule has 2 nitrogen and oxygen atoms in total. The Balaban J connectivity index is 2.60. The molecule has 1 aromatic carbocycles. The van der Waals surface area contributed by atoms with Gasteiger partial charge in [0.15, 0.2) is 0 Å². The molecular weight excluding hydrogens is 184 g/mol. The summed E-state index contributed by atoms with van der Waals surface area (Å²) >= 11 is 0. The van der Waals surface area contributed by atoms with Crippen LogP contribution in [0.3, 0.4) is 0 Å². The maximum Gasteiger partial charge on any atom is 0.0346 e. The largest absolute Gasteiger partial charge is 0.399 e. The normalized spacial score (nSPS) is 12.7. The molecular formula is C13H22N2. The van der Waals surface area contributed by atoms with Crippen LogP contribution in [0.25, 0.3) is 0 Å². The minimum absolute atomic E-state index is 0.630. The summed E-state index contributed by atoms with van der Waals surface area (Å²) < 4.78 is 0. The standard InChI is InChI=1S/C13H22N2/c1-3-11(9-14)5-6-12-8-10(2)4-7-13(12)15/h4,7-8,11H,3,5-6,9,14-15H2,1-2H3.